The quantitative estimate of drug-likeness (QED) is 0.865. The van der Waals surface area contributed by atoms with Gasteiger partial charge in [-0.05, 0) is 37.0 Å². The molecule has 20 heavy (non-hydrogen) atoms. The molecule has 0 unspecified atom stereocenters. The van der Waals surface area contributed by atoms with E-state index in [1.165, 1.54) is 37.3 Å². The maximum atomic E-state index is 10.4. The number of piperidine rings is 1. The van der Waals surface area contributed by atoms with E-state index in [9.17, 15) is 5.11 Å². The maximum Gasteiger partial charge on any atom is 0.161 e. The lowest BCUT2D eigenvalue weighted by molar-refractivity contribution is -0.908. The number of fused-ring (bicyclic) bond motifs is 1. The summed E-state index contributed by atoms with van der Waals surface area (Å²) in [5, 5.41) is 10.4. The molecule has 0 amide bonds. The van der Waals surface area contributed by atoms with E-state index in [4.69, 9.17) is 9.47 Å². The SMILES string of the molecule is O[C@@H](C[NH+]1CCCCC1)c1ccc2c(c1)OCCCO2. The fourth-order valence-corrected chi connectivity index (χ4v) is 3.03. The average Bonchev–Trinajstić information content (AvgIpc) is 2.72. The Hall–Kier alpha value is -1.26. The molecular weight excluding hydrogens is 254 g/mol. The van der Waals surface area contributed by atoms with Gasteiger partial charge in [-0.25, -0.2) is 0 Å². The highest BCUT2D eigenvalue weighted by molar-refractivity contribution is 5.44. The molecule has 2 aliphatic heterocycles. The predicted octanol–water partition coefficient (Wildman–Crippen LogP) is 0.950. The zero-order valence-corrected chi connectivity index (χ0v) is 11.9. The highest BCUT2D eigenvalue weighted by Gasteiger charge is 2.20. The number of hydrogen-bond acceptors (Lipinski definition) is 3. The Bertz CT molecular complexity index is 443. The monoisotopic (exact) mass is 278 g/mol. The first-order valence-corrected chi connectivity index (χ1v) is 7.74. The Morgan fingerprint density at radius 3 is 2.55 bits per heavy atom. The highest BCUT2D eigenvalue weighted by Crippen LogP contribution is 2.32. The summed E-state index contributed by atoms with van der Waals surface area (Å²) in [6.07, 6.45) is 4.39. The Labute approximate surface area is 120 Å². The van der Waals surface area contributed by atoms with Crippen molar-refractivity contribution in [3.05, 3.63) is 23.8 Å². The van der Waals surface area contributed by atoms with Gasteiger partial charge in [0, 0.05) is 6.42 Å². The van der Waals surface area contributed by atoms with E-state index < -0.39 is 6.10 Å². The van der Waals surface area contributed by atoms with E-state index >= 15 is 0 Å². The molecule has 4 heteroatoms. The van der Waals surface area contributed by atoms with Gasteiger partial charge in [-0.3, -0.25) is 0 Å². The van der Waals surface area contributed by atoms with Crippen molar-refractivity contribution in [2.45, 2.75) is 31.8 Å². The number of aliphatic hydroxyl groups is 1. The van der Waals surface area contributed by atoms with E-state index in [-0.39, 0.29) is 0 Å². The molecule has 4 nitrogen and oxygen atoms in total. The summed E-state index contributed by atoms with van der Waals surface area (Å²) in [7, 11) is 0. The van der Waals surface area contributed by atoms with Crippen molar-refractivity contribution in [1.82, 2.24) is 0 Å². The Morgan fingerprint density at radius 1 is 1.00 bits per heavy atom. The van der Waals surface area contributed by atoms with Crippen LogP contribution < -0.4 is 14.4 Å². The molecule has 0 radical (unpaired) electrons. The standard InChI is InChI=1S/C16H23NO3/c18-14(12-17-7-2-1-3-8-17)13-5-6-15-16(11-13)20-10-4-9-19-15/h5-6,11,14,18H,1-4,7-10,12H2/p+1/t14-/m0/s1. The number of nitrogens with one attached hydrogen (secondary N) is 1. The summed E-state index contributed by atoms with van der Waals surface area (Å²) in [6.45, 7) is 4.54. The van der Waals surface area contributed by atoms with E-state index in [0.29, 0.717) is 13.2 Å². The van der Waals surface area contributed by atoms with Gasteiger partial charge in [0.2, 0.25) is 0 Å². The molecule has 1 aromatic rings. The smallest absolute Gasteiger partial charge is 0.161 e. The van der Waals surface area contributed by atoms with Crippen molar-refractivity contribution >= 4 is 0 Å². The third-order valence-electron chi connectivity index (χ3n) is 4.20. The Morgan fingerprint density at radius 2 is 1.75 bits per heavy atom. The molecule has 1 aromatic carbocycles. The lowest BCUT2D eigenvalue weighted by Gasteiger charge is -2.26. The summed E-state index contributed by atoms with van der Waals surface area (Å²) >= 11 is 0. The minimum atomic E-state index is -0.416. The van der Waals surface area contributed by atoms with Gasteiger partial charge < -0.3 is 19.5 Å². The summed E-state index contributed by atoms with van der Waals surface area (Å²) in [6, 6.07) is 5.82. The number of benzene rings is 1. The average molecular weight is 278 g/mol. The lowest BCUT2D eigenvalue weighted by Crippen LogP contribution is -3.13. The first-order chi connectivity index (χ1) is 9.83. The molecule has 1 fully saturated rings. The number of likely N-dealkylation sites (tertiary alicyclic amines) is 1. The van der Waals surface area contributed by atoms with E-state index in [2.05, 4.69) is 0 Å². The summed E-state index contributed by atoms with van der Waals surface area (Å²) in [4.78, 5) is 1.51. The number of quaternary nitrogens is 1. The highest BCUT2D eigenvalue weighted by atomic mass is 16.5. The van der Waals surface area contributed by atoms with Gasteiger partial charge in [0.25, 0.3) is 0 Å². The van der Waals surface area contributed by atoms with Gasteiger partial charge >= 0.3 is 0 Å². The number of hydrogen-bond donors (Lipinski definition) is 2. The van der Waals surface area contributed by atoms with Gasteiger partial charge in [-0.1, -0.05) is 6.07 Å². The number of ether oxygens (including phenoxy) is 2. The minimum absolute atomic E-state index is 0.416. The molecule has 1 saturated heterocycles. The largest absolute Gasteiger partial charge is 0.490 e. The predicted molar refractivity (Wildman–Crippen MR) is 76.4 cm³/mol. The van der Waals surface area contributed by atoms with Crippen LogP contribution in [0.2, 0.25) is 0 Å². The van der Waals surface area contributed by atoms with Crippen LogP contribution in [0.15, 0.2) is 18.2 Å². The first kappa shape index (κ1) is 13.7. The minimum Gasteiger partial charge on any atom is -0.490 e. The lowest BCUT2D eigenvalue weighted by atomic mass is 10.1. The molecule has 1 atom stereocenters. The summed E-state index contributed by atoms with van der Waals surface area (Å²) < 4.78 is 11.3. The molecule has 0 aromatic heterocycles. The molecule has 2 heterocycles. The first-order valence-electron chi connectivity index (χ1n) is 7.74. The van der Waals surface area contributed by atoms with Crippen LogP contribution in [0.1, 0.15) is 37.4 Å². The van der Waals surface area contributed by atoms with Crippen LogP contribution in [0.25, 0.3) is 0 Å². The van der Waals surface area contributed by atoms with Gasteiger partial charge in [-0.2, -0.15) is 0 Å². The topological polar surface area (TPSA) is 43.1 Å². The molecule has 0 spiro atoms. The Balaban J connectivity index is 1.67. The van der Waals surface area contributed by atoms with Gasteiger partial charge in [-0.15, -0.1) is 0 Å². The van der Waals surface area contributed by atoms with Crippen molar-refractivity contribution in [3.63, 3.8) is 0 Å². The second-order valence-electron chi connectivity index (χ2n) is 5.79. The van der Waals surface area contributed by atoms with Crippen molar-refractivity contribution in [2.24, 2.45) is 0 Å². The molecule has 0 saturated carbocycles. The van der Waals surface area contributed by atoms with Crippen LogP contribution in [0.4, 0.5) is 0 Å². The van der Waals surface area contributed by atoms with Crippen molar-refractivity contribution in [2.75, 3.05) is 32.8 Å². The molecule has 2 N–H and O–H groups in total. The van der Waals surface area contributed by atoms with E-state index in [0.717, 1.165) is 30.0 Å². The van der Waals surface area contributed by atoms with E-state index in [1.807, 2.05) is 18.2 Å². The second kappa shape index (κ2) is 6.46. The molecule has 3 rings (SSSR count). The third kappa shape index (κ3) is 3.25. The van der Waals surface area contributed by atoms with Gasteiger partial charge in [0.15, 0.2) is 11.5 Å². The van der Waals surface area contributed by atoms with Crippen LogP contribution in [0.3, 0.4) is 0 Å². The van der Waals surface area contributed by atoms with Crippen LogP contribution in [-0.2, 0) is 0 Å². The normalized spacial score (nSPS) is 21.2. The summed E-state index contributed by atoms with van der Waals surface area (Å²) in [5.74, 6) is 1.57. The van der Waals surface area contributed by atoms with Crippen molar-refractivity contribution in [3.8, 4) is 11.5 Å². The maximum absolute atomic E-state index is 10.4. The second-order valence-corrected chi connectivity index (χ2v) is 5.79. The Kier molecular flexibility index (Phi) is 4.43. The van der Waals surface area contributed by atoms with Crippen LogP contribution in [-0.4, -0.2) is 38.0 Å². The van der Waals surface area contributed by atoms with Crippen molar-refractivity contribution < 1.29 is 19.5 Å². The fourth-order valence-electron chi connectivity index (χ4n) is 3.03. The molecule has 2 aliphatic rings. The fraction of sp³-hybridized carbons (Fsp3) is 0.625. The molecule has 110 valence electrons. The zero-order chi connectivity index (χ0) is 13.8. The molecule has 0 aliphatic carbocycles. The molecule has 0 bridgehead atoms. The van der Waals surface area contributed by atoms with Gasteiger partial charge in [0.1, 0.15) is 12.6 Å². The van der Waals surface area contributed by atoms with Crippen molar-refractivity contribution in [1.29, 1.82) is 0 Å². The number of aliphatic hydroxyl groups excluding tert-OH is 1. The summed E-state index contributed by atoms with van der Waals surface area (Å²) in [5.41, 5.74) is 0.937. The van der Waals surface area contributed by atoms with E-state index in [1.54, 1.807) is 0 Å². The number of rotatable bonds is 3. The molecular formula is C16H24NO3+. The zero-order valence-electron chi connectivity index (χ0n) is 11.9. The van der Waals surface area contributed by atoms with Gasteiger partial charge in [0.05, 0.1) is 26.3 Å². The third-order valence-corrected chi connectivity index (χ3v) is 4.20. The van der Waals surface area contributed by atoms with Crippen LogP contribution in [0, 0.1) is 0 Å². The van der Waals surface area contributed by atoms with Crippen LogP contribution in [0.5, 0.6) is 11.5 Å². The van der Waals surface area contributed by atoms with Crippen LogP contribution >= 0.6 is 0 Å².